The lowest BCUT2D eigenvalue weighted by molar-refractivity contribution is 0.0957. The van der Waals surface area contributed by atoms with Gasteiger partial charge in [0.2, 0.25) is 0 Å². The number of fused-ring (bicyclic) bond motifs is 1. The van der Waals surface area contributed by atoms with Gasteiger partial charge in [0.05, 0.1) is 9.90 Å². The lowest BCUT2D eigenvalue weighted by Crippen LogP contribution is -2.23. The summed E-state index contributed by atoms with van der Waals surface area (Å²) in [6, 6.07) is 16.0. The molecule has 1 N–H and O–H groups in total. The van der Waals surface area contributed by atoms with Crippen molar-refractivity contribution < 1.29 is 4.79 Å². The first-order chi connectivity index (χ1) is 11.3. The fourth-order valence-corrected chi connectivity index (χ4v) is 4.07. The number of nitrogens with zero attached hydrogens (tertiary/aromatic N) is 1. The molecule has 0 aliphatic rings. The van der Waals surface area contributed by atoms with Gasteiger partial charge in [0, 0.05) is 17.4 Å². The Morgan fingerprint density at radius 2 is 2.00 bits per heavy atom. The van der Waals surface area contributed by atoms with E-state index in [0.717, 1.165) is 45.1 Å². The average molecular weight is 342 g/mol. The van der Waals surface area contributed by atoms with E-state index < -0.39 is 0 Å². The number of thiophene rings is 1. The van der Waals surface area contributed by atoms with Gasteiger partial charge in [-0.1, -0.05) is 24.3 Å². The first kappa shape index (κ1) is 16.0. The minimum atomic E-state index is 0.0311. The van der Waals surface area contributed by atoms with Gasteiger partial charge in [-0.25, -0.2) is 4.98 Å². The molecule has 1 amide bonds. The molecular formula is C18H18N2OS2. The molecule has 0 radical (unpaired) electrons. The van der Waals surface area contributed by atoms with Gasteiger partial charge in [0.1, 0.15) is 0 Å². The Bertz CT molecular complexity index is 738. The highest BCUT2D eigenvalue weighted by Gasteiger charge is 2.09. The van der Waals surface area contributed by atoms with Gasteiger partial charge in [-0.3, -0.25) is 4.79 Å². The highest BCUT2D eigenvalue weighted by Crippen LogP contribution is 2.25. The lowest BCUT2D eigenvalue weighted by atomic mass is 10.2. The largest absolute Gasteiger partial charge is 0.351 e. The highest BCUT2D eigenvalue weighted by molar-refractivity contribution is 7.99. The summed E-state index contributed by atoms with van der Waals surface area (Å²) in [6.45, 7) is 0.718. The first-order valence-electron chi connectivity index (χ1n) is 7.63. The van der Waals surface area contributed by atoms with E-state index in [1.807, 2.05) is 54.7 Å². The maximum atomic E-state index is 12.2. The van der Waals surface area contributed by atoms with Gasteiger partial charge in [-0.15, -0.1) is 23.1 Å². The van der Waals surface area contributed by atoms with Crippen molar-refractivity contribution in [2.45, 2.75) is 17.9 Å². The van der Waals surface area contributed by atoms with Crippen LogP contribution in [0.5, 0.6) is 0 Å². The summed E-state index contributed by atoms with van der Waals surface area (Å²) < 4.78 is 1.16. The van der Waals surface area contributed by atoms with Crippen LogP contribution in [0.4, 0.5) is 0 Å². The Hall–Kier alpha value is -1.85. The summed E-state index contributed by atoms with van der Waals surface area (Å²) in [4.78, 5) is 17.2. The van der Waals surface area contributed by atoms with E-state index in [4.69, 9.17) is 0 Å². The number of aromatic nitrogens is 1. The maximum Gasteiger partial charge on any atom is 0.261 e. The maximum absolute atomic E-state index is 12.2. The Kier molecular flexibility index (Phi) is 5.66. The zero-order chi connectivity index (χ0) is 15.9. The monoisotopic (exact) mass is 342 g/mol. The zero-order valence-electron chi connectivity index (χ0n) is 12.7. The third kappa shape index (κ3) is 4.56. The molecule has 0 aliphatic heterocycles. The topological polar surface area (TPSA) is 42.0 Å². The van der Waals surface area contributed by atoms with Gasteiger partial charge in [0.25, 0.3) is 5.91 Å². The van der Waals surface area contributed by atoms with Crippen LogP contribution in [0.2, 0.25) is 0 Å². The van der Waals surface area contributed by atoms with Crippen molar-refractivity contribution in [3.63, 3.8) is 0 Å². The molecule has 3 nitrogen and oxygen atoms in total. The van der Waals surface area contributed by atoms with Crippen LogP contribution in [0.15, 0.2) is 59.8 Å². The van der Waals surface area contributed by atoms with Crippen LogP contribution in [0.3, 0.4) is 0 Å². The molecule has 0 saturated heterocycles. The minimum absolute atomic E-state index is 0.0311. The highest BCUT2D eigenvalue weighted by atomic mass is 32.2. The molecule has 3 rings (SSSR count). The number of benzene rings is 1. The van der Waals surface area contributed by atoms with Gasteiger partial charge in [-0.2, -0.15) is 0 Å². The number of unbranched alkanes of at least 4 members (excludes halogenated alkanes) is 1. The van der Waals surface area contributed by atoms with E-state index in [0.29, 0.717) is 0 Å². The van der Waals surface area contributed by atoms with Crippen molar-refractivity contribution in [1.29, 1.82) is 0 Å². The molecule has 5 heteroatoms. The van der Waals surface area contributed by atoms with Crippen molar-refractivity contribution in [1.82, 2.24) is 10.3 Å². The molecule has 0 aliphatic carbocycles. The molecular weight excluding hydrogens is 324 g/mol. The van der Waals surface area contributed by atoms with Crippen LogP contribution in [0.25, 0.3) is 10.1 Å². The Morgan fingerprint density at radius 3 is 2.83 bits per heavy atom. The number of carbonyl (C=O) groups is 1. The summed E-state index contributed by atoms with van der Waals surface area (Å²) in [7, 11) is 0. The van der Waals surface area contributed by atoms with Crippen LogP contribution in [-0.4, -0.2) is 23.2 Å². The number of pyridine rings is 1. The second kappa shape index (κ2) is 8.13. The SMILES string of the molecule is O=C(NCCCCSc1ccccn1)c1cc2ccccc2s1. The molecule has 3 aromatic rings. The molecule has 118 valence electrons. The summed E-state index contributed by atoms with van der Waals surface area (Å²) >= 11 is 3.30. The number of amides is 1. The van der Waals surface area contributed by atoms with Crippen molar-refractivity contribution in [2.24, 2.45) is 0 Å². The van der Waals surface area contributed by atoms with Crippen LogP contribution in [0, 0.1) is 0 Å². The number of thioether (sulfide) groups is 1. The number of nitrogens with one attached hydrogen (secondary N) is 1. The second-order valence-corrected chi connectivity index (χ2v) is 7.33. The third-order valence-corrected chi connectivity index (χ3v) is 5.54. The van der Waals surface area contributed by atoms with Crippen LogP contribution in [0.1, 0.15) is 22.5 Å². The Morgan fingerprint density at radius 1 is 1.13 bits per heavy atom. The van der Waals surface area contributed by atoms with Crippen molar-refractivity contribution >= 4 is 39.1 Å². The standard InChI is InChI=1S/C18H18N2OS2/c21-18(16-13-14-7-1-2-8-15(14)23-16)20-11-5-6-12-22-17-9-3-4-10-19-17/h1-4,7-10,13H,5-6,11-12H2,(H,20,21). The molecule has 0 unspecified atom stereocenters. The molecule has 0 bridgehead atoms. The molecule has 0 saturated carbocycles. The van der Waals surface area contributed by atoms with Crippen molar-refractivity contribution in [3.8, 4) is 0 Å². The molecule has 1 aromatic carbocycles. The summed E-state index contributed by atoms with van der Waals surface area (Å²) in [5.74, 6) is 1.05. The molecule has 23 heavy (non-hydrogen) atoms. The Labute approximate surface area is 144 Å². The van der Waals surface area contributed by atoms with Crippen LogP contribution >= 0.6 is 23.1 Å². The van der Waals surface area contributed by atoms with E-state index in [2.05, 4.69) is 10.3 Å². The molecule has 0 fully saturated rings. The average Bonchev–Trinajstić information content (AvgIpc) is 3.03. The fraction of sp³-hybridized carbons (Fsp3) is 0.222. The summed E-state index contributed by atoms with van der Waals surface area (Å²) in [6.07, 6.45) is 3.86. The molecule has 2 aromatic heterocycles. The number of hydrogen-bond donors (Lipinski definition) is 1. The van der Waals surface area contributed by atoms with Gasteiger partial charge in [0.15, 0.2) is 0 Å². The zero-order valence-corrected chi connectivity index (χ0v) is 14.3. The normalized spacial score (nSPS) is 10.8. The predicted molar refractivity (Wildman–Crippen MR) is 98.4 cm³/mol. The van der Waals surface area contributed by atoms with Gasteiger partial charge >= 0.3 is 0 Å². The molecule has 2 heterocycles. The van der Waals surface area contributed by atoms with E-state index >= 15 is 0 Å². The molecule has 0 atom stereocenters. The van der Waals surface area contributed by atoms with E-state index in [1.165, 1.54) is 0 Å². The number of rotatable bonds is 7. The van der Waals surface area contributed by atoms with E-state index in [1.54, 1.807) is 23.1 Å². The Balaban J connectivity index is 1.38. The quantitative estimate of drug-likeness (QED) is 0.504. The van der Waals surface area contributed by atoms with Crippen LogP contribution < -0.4 is 5.32 Å². The van der Waals surface area contributed by atoms with Gasteiger partial charge in [-0.05, 0) is 48.2 Å². The second-order valence-electron chi connectivity index (χ2n) is 5.13. The van der Waals surface area contributed by atoms with E-state index in [9.17, 15) is 4.79 Å². The lowest BCUT2D eigenvalue weighted by Gasteiger charge is -2.03. The summed E-state index contributed by atoms with van der Waals surface area (Å²) in [5.41, 5.74) is 0. The minimum Gasteiger partial charge on any atom is -0.351 e. The predicted octanol–water partition coefficient (Wildman–Crippen LogP) is 4.60. The number of carbonyl (C=O) groups excluding carboxylic acids is 1. The molecule has 0 spiro atoms. The van der Waals surface area contributed by atoms with E-state index in [-0.39, 0.29) is 5.91 Å². The van der Waals surface area contributed by atoms with Crippen LogP contribution in [-0.2, 0) is 0 Å². The smallest absolute Gasteiger partial charge is 0.261 e. The number of hydrogen-bond acceptors (Lipinski definition) is 4. The fourth-order valence-electron chi connectivity index (χ4n) is 2.22. The first-order valence-corrected chi connectivity index (χ1v) is 9.44. The van der Waals surface area contributed by atoms with Crippen molar-refractivity contribution in [3.05, 3.63) is 59.6 Å². The van der Waals surface area contributed by atoms with Crippen molar-refractivity contribution in [2.75, 3.05) is 12.3 Å². The third-order valence-electron chi connectivity index (χ3n) is 3.39. The van der Waals surface area contributed by atoms with Gasteiger partial charge < -0.3 is 5.32 Å². The summed E-state index contributed by atoms with van der Waals surface area (Å²) in [5, 5.41) is 5.20.